The van der Waals surface area contributed by atoms with Gasteiger partial charge in [-0.25, -0.2) is 9.80 Å². The summed E-state index contributed by atoms with van der Waals surface area (Å²) in [5, 5.41) is 2.82. The first-order chi connectivity index (χ1) is 20.2. The molecule has 8 heteroatoms. The third-order valence-corrected chi connectivity index (χ3v) is 8.84. The highest BCUT2D eigenvalue weighted by molar-refractivity contribution is 6.30. The molecule has 214 valence electrons. The zero-order valence-corrected chi connectivity index (χ0v) is 23.9. The maximum atomic E-state index is 14.6. The van der Waals surface area contributed by atoms with Crippen molar-refractivity contribution < 1.29 is 19.2 Å². The Hall–Kier alpha value is -4.40. The van der Waals surface area contributed by atoms with Crippen molar-refractivity contribution in [3.05, 3.63) is 95.1 Å². The molecule has 2 aliphatic rings. The van der Waals surface area contributed by atoms with E-state index in [0.717, 1.165) is 33.4 Å². The maximum absolute atomic E-state index is 14.6. The van der Waals surface area contributed by atoms with Crippen LogP contribution in [0.15, 0.2) is 72.8 Å². The van der Waals surface area contributed by atoms with E-state index in [9.17, 15) is 19.2 Å². The summed E-state index contributed by atoms with van der Waals surface area (Å²) in [6.45, 7) is 3.91. The largest absolute Gasteiger partial charge is 0.310 e. The van der Waals surface area contributed by atoms with Gasteiger partial charge in [0.15, 0.2) is 5.66 Å². The van der Waals surface area contributed by atoms with Crippen molar-refractivity contribution in [1.82, 2.24) is 9.80 Å². The summed E-state index contributed by atoms with van der Waals surface area (Å²) >= 11 is 0. The molecule has 6 rings (SSSR count). The minimum absolute atomic E-state index is 0.0562. The van der Waals surface area contributed by atoms with E-state index in [0.29, 0.717) is 23.6 Å². The van der Waals surface area contributed by atoms with Gasteiger partial charge in [0.05, 0.1) is 22.3 Å². The molecule has 2 aliphatic heterocycles. The highest BCUT2D eigenvalue weighted by Crippen LogP contribution is 2.46. The van der Waals surface area contributed by atoms with E-state index in [1.165, 1.54) is 0 Å². The lowest BCUT2D eigenvalue weighted by atomic mass is 9.81. The third-order valence-electron chi connectivity index (χ3n) is 8.84. The topological polar surface area (TPSA) is 127 Å². The Balaban J connectivity index is 1.62. The fourth-order valence-electron chi connectivity index (χ4n) is 6.89. The van der Waals surface area contributed by atoms with Gasteiger partial charge in [0.2, 0.25) is 0 Å². The van der Waals surface area contributed by atoms with Crippen LogP contribution >= 0.6 is 0 Å². The molecule has 4 aromatic carbocycles. The molecular weight excluding hydrogens is 528 g/mol. The first-order valence-corrected chi connectivity index (χ1v) is 14.6. The van der Waals surface area contributed by atoms with Crippen LogP contribution in [-0.2, 0) is 0 Å². The standard InChI is InChI=1S/C34H34N4O4/c1-3-5-10-20-34(33(35,36)19-4-2,37-29(39)25-17-15-21-11-6-8-13-23(21)27(25)31(37)41)38-30(40)26-18-16-22-12-7-9-14-24(22)28(26)32(38)42/h6-9,11-18H,3-5,10,19-20,35-36H2,1-2H3. The molecule has 4 N–H and O–H groups in total. The number of hydrogen-bond donors (Lipinski definition) is 2. The van der Waals surface area contributed by atoms with Crippen molar-refractivity contribution in [2.75, 3.05) is 0 Å². The molecule has 8 nitrogen and oxygen atoms in total. The van der Waals surface area contributed by atoms with E-state index >= 15 is 0 Å². The molecule has 2 heterocycles. The van der Waals surface area contributed by atoms with E-state index < -0.39 is 35.0 Å². The number of carbonyl (C=O) groups is 4. The molecule has 0 aromatic heterocycles. The number of carbonyl (C=O) groups excluding carboxylic acids is 4. The van der Waals surface area contributed by atoms with Crippen molar-refractivity contribution >= 4 is 45.2 Å². The zero-order chi connectivity index (χ0) is 29.8. The van der Waals surface area contributed by atoms with Crippen molar-refractivity contribution in [1.29, 1.82) is 0 Å². The quantitative estimate of drug-likeness (QED) is 0.156. The summed E-state index contributed by atoms with van der Waals surface area (Å²) in [6, 6.07) is 21.5. The monoisotopic (exact) mass is 562 g/mol. The third kappa shape index (κ3) is 3.75. The second-order valence-corrected chi connectivity index (χ2v) is 11.4. The normalized spacial score (nSPS) is 15.3. The summed E-state index contributed by atoms with van der Waals surface area (Å²) in [5.41, 5.74) is 11.1. The van der Waals surface area contributed by atoms with Crippen LogP contribution in [0.25, 0.3) is 21.5 Å². The van der Waals surface area contributed by atoms with Crippen LogP contribution in [-0.4, -0.2) is 44.8 Å². The predicted molar refractivity (Wildman–Crippen MR) is 162 cm³/mol. The molecule has 0 atom stereocenters. The second-order valence-electron chi connectivity index (χ2n) is 11.4. The fourth-order valence-corrected chi connectivity index (χ4v) is 6.89. The molecule has 4 aromatic rings. The number of imide groups is 2. The first kappa shape index (κ1) is 27.8. The predicted octanol–water partition coefficient (Wildman–Crippen LogP) is 5.58. The molecule has 0 saturated heterocycles. The van der Waals surface area contributed by atoms with Gasteiger partial charge < -0.3 is 11.5 Å². The Bertz CT molecular complexity index is 1680. The first-order valence-electron chi connectivity index (χ1n) is 14.6. The summed E-state index contributed by atoms with van der Waals surface area (Å²) in [7, 11) is 0. The van der Waals surface area contributed by atoms with Crippen LogP contribution in [0.4, 0.5) is 0 Å². The Morgan fingerprint density at radius 1 is 0.571 bits per heavy atom. The molecular formula is C34H34N4O4. The number of fused-ring (bicyclic) bond motifs is 6. The van der Waals surface area contributed by atoms with Crippen LogP contribution in [0.2, 0.25) is 0 Å². The van der Waals surface area contributed by atoms with Gasteiger partial charge in [-0.05, 0) is 52.9 Å². The highest BCUT2D eigenvalue weighted by Gasteiger charge is 2.65. The number of unbranched alkanes of at least 4 members (excludes halogenated alkanes) is 2. The number of nitrogens with zero attached hydrogens (tertiary/aromatic N) is 2. The van der Waals surface area contributed by atoms with Crippen LogP contribution in [0.1, 0.15) is 93.8 Å². The lowest BCUT2D eigenvalue weighted by Crippen LogP contribution is -2.81. The molecule has 0 saturated carbocycles. The molecule has 0 radical (unpaired) electrons. The maximum Gasteiger partial charge on any atom is 0.264 e. The molecule has 42 heavy (non-hydrogen) atoms. The van der Waals surface area contributed by atoms with E-state index in [2.05, 4.69) is 0 Å². The van der Waals surface area contributed by atoms with Gasteiger partial charge in [0.1, 0.15) is 5.66 Å². The van der Waals surface area contributed by atoms with E-state index in [-0.39, 0.29) is 35.1 Å². The lowest BCUT2D eigenvalue weighted by molar-refractivity contribution is -0.0550. The Morgan fingerprint density at radius 2 is 1.05 bits per heavy atom. The second kappa shape index (κ2) is 10.2. The Morgan fingerprint density at radius 3 is 1.50 bits per heavy atom. The van der Waals surface area contributed by atoms with Gasteiger partial charge in [0.25, 0.3) is 23.6 Å². The minimum Gasteiger partial charge on any atom is -0.310 e. The van der Waals surface area contributed by atoms with Gasteiger partial charge in [-0.1, -0.05) is 93.8 Å². The van der Waals surface area contributed by atoms with Crippen LogP contribution < -0.4 is 11.5 Å². The number of nitrogens with two attached hydrogens (primary N) is 2. The average Bonchev–Trinajstić information content (AvgIpc) is 3.40. The van der Waals surface area contributed by atoms with Gasteiger partial charge >= 0.3 is 0 Å². The van der Waals surface area contributed by atoms with E-state index in [4.69, 9.17) is 11.5 Å². The zero-order valence-electron chi connectivity index (χ0n) is 23.9. The fraction of sp³-hybridized carbons (Fsp3) is 0.294. The van der Waals surface area contributed by atoms with Crippen LogP contribution in [0.3, 0.4) is 0 Å². The van der Waals surface area contributed by atoms with E-state index in [1.807, 2.05) is 38.1 Å². The minimum atomic E-state index is -1.96. The van der Waals surface area contributed by atoms with Gasteiger partial charge in [-0.2, -0.15) is 0 Å². The Labute approximate surface area is 244 Å². The van der Waals surface area contributed by atoms with Crippen molar-refractivity contribution in [2.24, 2.45) is 11.5 Å². The van der Waals surface area contributed by atoms with E-state index in [1.54, 1.807) is 48.5 Å². The molecule has 0 fully saturated rings. The Kier molecular flexibility index (Phi) is 6.71. The number of hydrogen-bond acceptors (Lipinski definition) is 6. The lowest BCUT2D eigenvalue weighted by Gasteiger charge is -2.54. The number of rotatable bonds is 9. The average molecular weight is 563 g/mol. The van der Waals surface area contributed by atoms with Crippen molar-refractivity contribution in [3.8, 4) is 0 Å². The summed E-state index contributed by atoms with van der Waals surface area (Å²) in [5.74, 6) is -2.45. The summed E-state index contributed by atoms with van der Waals surface area (Å²) in [6.07, 6.45) is 2.75. The van der Waals surface area contributed by atoms with Gasteiger partial charge in [-0.15, -0.1) is 0 Å². The number of amides is 4. The molecule has 0 aliphatic carbocycles. The van der Waals surface area contributed by atoms with Gasteiger partial charge in [0, 0.05) is 0 Å². The van der Waals surface area contributed by atoms with Crippen molar-refractivity contribution in [2.45, 2.75) is 63.7 Å². The highest BCUT2D eigenvalue weighted by atomic mass is 16.2. The van der Waals surface area contributed by atoms with Crippen LogP contribution in [0, 0.1) is 0 Å². The molecule has 0 unspecified atom stereocenters. The van der Waals surface area contributed by atoms with Crippen molar-refractivity contribution in [3.63, 3.8) is 0 Å². The van der Waals surface area contributed by atoms with Gasteiger partial charge in [-0.3, -0.25) is 19.2 Å². The number of benzene rings is 4. The smallest absolute Gasteiger partial charge is 0.264 e. The molecule has 4 amide bonds. The SMILES string of the molecule is CCCCCC(N1C(=O)c2ccc3ccccc3c2C1=O)(N1C(=O)c2ccc3ccccc3c2C1=O)C(N)(N)CCC. The summed E-state index contributed by atoms with van der Waals surface area (Å²) in [4.78, 5) is 59.9. The summed E-state index contributed by atoms with van der Waals surface area (Å²) < 4.78 is 0. The van der Waals surface area contributed by atoms with Crippen LogP contribution in [0.5, 0.6) is 0 Å². The molecule has 0 spiro atoms. The molecule has 0 bridgehead atoms.